The van der Waals surface area contributed by atoms with Crippen LogP contribution in [0, 0.1) is 25.6 Å². The Balaban J connectivity index is 1.03. The van der Waals surface area contributed by atoms with Crippen molar-refractivity contribution in [3.8, 4) is 17.2 Å². The van der Waals surface area contributed by atoms with E-state index in [1.807, 2.05) is 34.6 Å². The molecule has 2 aliphatic heterocycles. The number of fused-ring (bicyclic) bond motifs is 3. The number of carbonyl (C=O) groups is 1. The highest BCUT2D eigenvalue weighted by Gasteiger charge is 2.59. The smallest absolute Gasteiger partial charge is 0.376 e. The van der Waals surface area contributed by atoms with Gasteiger partial charge >= 0.3 is 11.4 Å². The van der Waals surface area contributed by atoms with E-state index >= 15 is 9.18 Å². The molecule has 1 saturated carbocycles. The van der Waals surface area contributed by atoms with Gasteiger partial charge in [0.05, 0.1) is 52.7 Å². The van der Waals surface area contributed by atoms with Crippen molar-refractivity contribution in [2.24, 2.45) is 5.92 Å². The molecule has 2 fully saturated rings. The number of rotatable bonds is 10. The van der Waals surface area contributed by atoms with E-state index in [9.17, 15) is 18.0 Å². The molecule has 3 aromatic carbocycles. The largest absolute Gasteiger partial charge is 0.438 e. The Kier molecular flexibility index (Phi) is 10.2. The molecule has 0 radical (unpaired) electrons. The maximum absolute atomic E-state index is 15.6. The van der Waals surface area contributed by atoms with Gasteiger partial charge in [-0.25, -0.2) is 27.1 Å². The Bertz CT molecular complexity index is 3620. The summed E-state index contributed by atoms with van der Waals surface area (Å²) in [4.78, 5) is 47.5. The summed E-state index contributed by atoms with van der Waals surface area (Å²) in [6.45, 7) is 12.8. The monoisotopic (exact) mass is 956 g/mol. The number of sulfone groups is 1. The van der Waals surface area contributed by atoms with Crippen molar-refractivity contribution in [3.05, 3.63) is 140 Å². The van der Waals surface area contributed by atoms with Gasteiger partial charge in [0.25, 0.3) is 5.91 Å². The van der Waals surface area contributed by atoms with Crippen LogP contribution in [0.2, 0.25) is 0 Å². The minimum atomic E-state index is -3.22. The van der Waals surface area contributed by atoms with Crippen LogP contribution in [0.25, 0.3) is 39.0 Å². The summed E-state index contributed by atoms with van der Waals surface area (Å²) >= 11 is 0. The first kappa shape index (κ1) is 44.6. The highest BCUT2D eigenvalue weighted by atomic mass is 32.2. The average molecular weight is 957 g/mol. The van der Waals surface area contributed by atoms with Crippen LogP contribution in [0.3, 0.4) is 0 Å². The maximum atomic E-state index is 15.6. The molecule has 11 rings (SSSR count). The molecule has 7 heterocycles. The second kappa shape index (κ2) is 15.8. The van der Waals surface area contributed by atoms with Gasteiger partial charge in [-0.2, -0.15) is 10.2 Å². The van der Waals surface area contributed by atoms with E-state index in [-0.39, 0.29) is 41.5 Å². The average Bonchev–Trinajstić information content (AvgIpc) is 3.94. The topological polar surface area (TPSA) is 190 Å². The number of H-pyrrole nitrogens is 1. The van der Waals surface area contributed by atoms with E-state index in [2.05, 4.69) is 54.2 Å². The molecule has 1 saturated heterocycles. The summed E-state index contributed by atoms with van der Waals surface area (Å²) in [6.07, 6.45) is 8.87. The molecule has 0 bridgehead atoms. The van der Waals surface area contributed by atoms with Gasteiger partial charge in [0.2, 0.25) is 0 Å². The van der Waals surface area contributed by atoms with Crippen molar-refractivity contribution in [1.82, 2.24) is 48.3 Å². The lowest BCUT2D eigenvalue weighted by atomic mass is 9.83. The van der Waals surface area contributed by atoms with E-state index in [1.54, 1.807) is 60.0 Å². The zero-order valence-corrected chi connectivity index (χ0v) is 40.3. The Morgan fingerprint density at radius 1 is 0.942 bits per heavy atom. The maximum Gasteiger partial charge on any atom is 0.438 e. The molecule has 1 N–H and O–H groups in total. The second-order valence-corrected chi connectivity index (χ2v) is 22.2. The molecule has 0 spiro atoms. The lowest BCUT2D eigenvalue weighted by molar-refractivity contribution is -0.0592. The number of aryl methyl sites for hydroxylation is 3. The lowest BCUT2D eigenvalue weighted by Crippen LogP contribution is -2.41. The number of nitrogens with one attached hydrogen (secondary N) is 1. The number of hydrogen-bond acceptors (Lipinski definition) is 10. The minimum absolute atomic E-state index is 0.00175. The molecule has 4 atom stereocenters. The minimum Gasteiger partial charge on any atom is -0.376 e. The normalized spacial score (nSPS) is 21.3. The molecule has 1 amide bonds. The molecule has 0 unspecified atom stereocenters. The highest BCUT2D eigenvalue weighted by molar-refractivity contribution is 7.90. The lowest BCUT2D eigenvalue weighted by Gasteiger charge is -2.35. The Labute approximate surface area is 396 Å². The SMILES string of the molecule is Cc1cc(-n2nc3c(c2-n2ccn(-c4ccc5c(cnn5CCS(C)(=O)=O)c4)c2=O)[C@H](C)N(C(=O)c2cc4cc([C@H]5CCOC(C)(C)C5)ccc4n2[C@@]2(c4noc(=O)[nH]4)C[C@@H]2C)CC3)cc(C)c1F. The van der Waals surface area contributed by atoms with Crippen LogP contribution in [0.4, 0.5) is 4.39 Å². The second-order valence-electron chi connectivity index (χ2n) is 19.9. The zero-order chi connectivity index (χ0) is 48.5. The van der Waals surface area contributed by atoms with Crippen molar-refractivity contribution < 1.29 is 26.9 Å². The fourth-order valence-electron chi connectivity index (χ4n) is 11.1. The third kappa shape index (κ3) is 7.39. The molecular formula is C50H53FN10O7S. The first-order valence-electron chi connectivity index (χ1n) is 23.3. The first-order valence-corrected chi connectivity index (χ1v) is 25.4. The third-order valence-corrected chi connectivity index (χ3v) is 15.6. The van der Waals surface area contributed by atoms with Gasteiger partial charge in [-0.15, -0.1) is 0 Å². The summed E-state index contributed by atoms with van der Waals surface area (Å²) in [7, 11) is -3.22. The number of ether oxygens (including phenoxy) is 1. The third-order valence-electron chi connectivity index (χ3n) is 14.7. The van der Waals surface area contributed by atoms with Gasteiger partial charge < -0.3 is 14.2 Å². The van der Waals surface area contributed by atoms with Crippen LogP contribution in [0.15, 0.2) is 87.3 Å². The number of benzene rings is 3. The number of hydrogen-bond donors (Lipinski definition) is 1. The van der Waals surface area contributed by atoms with Crippen LogP contribution in [-0.4, -0.2) is 93.4 Å². The summed E-state index contributed by atoms with van der Waals surface area (Å²) in [5, 5.41) is 15.3. The van der Waals surface area contributed by atoms with Crippen molar-refractivity contribution in [2.45, 2.75) is 96.9 Å². The molecule has 1 aliphatic carbocycles. The zero-order valence-electron chi connectivity index (χ0n) is 39.5. The van der Waals surface area contributed by atoms with E-state index in [1.165, 1.54) is 21.0 Å². The van der Waals surface area contributed by atoms with Crippen LogP contribution in [0.1, 0.15) is 103 Å². The van der Waals surface area contributed by atoms with Crippen LogP contribution < -0.4 is 11.4 Å². The molecule has 358 valence electrons. The molecule has 8 aromatic rings. The molecule has 5 aromatic heterocycles. The van der Waals surface area contributed by atoms with Gasteiger partial charge in [0, 0.05) is 60.1 Å². The summed E-state index contributed by atoms with van der Waals surface area (Å²) in [5.41, 5.74) is 4.91. The first-order chi connectivity index (χ1) is 32.8. The Hall–Kier alpha value is -6.86. The van der Waals surface area contributed by atoms with Crippen molar-refractivity contribution >= 4 is 37.6 Å². The van der Waals surface area contributed by atoms with E-state index in [0.717, 1.165) is 34.6 Å². The number of amides is 1. The molecular weight excluding hydrogens is 904 g/mol. The summed E-state index contributed by atoms with van der Waals surface area (Å²) < 4.78 is 58.5. The number of aromatic nitrogens is 9. The van der Waals surface area contributed by atoms with Crippen LogP contribution in [0.5, 0.6) is 0 Å². The molecule has 69 heavy (non-hydrogen) atoms. The molecule has 3 aliphatic rings. The van der Waals surface area contributed by atoms with Gasteiger partial charge in [0.15, 0.2) is 5.82 Å². The predicted molar refractivity (Wildman–Crippen MR) is 256 cm³/mol. The van der Waals surface area contributed by atoms with Gasteiger partial charge in [0.1, 0.15) is 32.7 Å². The highest BCUT2D eigenvalue weighted by Crippen LogP contribution is 2.56. The van der Waals surface area contributed by atoms with Crippen molar-refractivity contribution in [3.63, 3.8) is 0 Å². The van der Waals surface area contributed by atoms with E-state index < -0.39 is 32.9 Å². The Morgan fingerprint density at radius 3 is 2.38 bits per heavy atom. The number of imidazole rings is 1. The fraction of sp³-hybridized carbons (Fsp3) is 0.400. The van der Waals surface area contributed by atoms with Gasteiger partial charge in [-0.3, -0.25) is 28.1 Å². The molecule has 19 heteroatoms. The predicted octanol–water partition coefficient (Wildman–Crippen LogP) is 6.81. The molecule has 17 nitrogen and oxygen atoms in total. The standard InChI is InChI=1S/C50H53FN10O7S/c1-28-20-37(21-29(2)43(28)51)61-44(58-16-15-57(48(58)64)36-9-11-39-35(23-36)27-52-59(39)17-19-69(7,65)66)42-31(4)56(14-12-38(42)54-61)45(62)41-24-34-22-32(33-13-18-67-49(5,6)26-33)8-10-40(34)60(41)50(25-30(50)3)46-53-47(63)68-55-46/h8-11,15-16,20-24,27,30-31,33H,12-14,17-19,25-26H2,1-7H3,(H,53,55,63)/t30-,31-,33-,50-/m0/s1. The summed E-state index contributed by atoms with van der Waals surface area (Å²) in [6, 6.07) is 16.5. The van der Waals surface area contributed by atoms with Crippen molar-refractivity contribution in [1.29, 1.82) is 0 Å². The number of halogens is 1. The fourth-order valence-corrected chi connectivity index (χ4v) is 11.6. The van der Waals surface area contributed by atoms with Crippen molar-refractivity contribution in [2.75, 3.05) is 25.2 Å². The Morgan fingerprint density at radius 2 is 1.68 bits per heavy atom. The van der Waals surface area contributed by atoms with Crippen LogP contribution >= 0.6 is 0 Å². The van der Waals surface area contributed by atoms with Crippen LogP contribution in [-0.2, 0) is 33.1 Å². The van der Waals surface area contributed by atoms with E-state index in [0.29, 0.717) is 77.1 Å². The number of nitrogens with zero attached hydrogens (tertiary/aromatic N) is 9. The van der Waals surface area contributed by atoms with Gasteiger partial charge in [-0.1, -0.05) is 18.1 Å². The van der Waals surface area contributed by atoms with E-state index in [4.69, 9.17) is 14.4 Å². The number of aromatic amines is 1. The van der Waals surface area contributed by atoms with Gasteiger partial charge in [-0.05, 0) is 131 Å². The quantitative estimate of drug-likeness (QED) is 0.152. The number of carbonyl (C=O) groups excluding carboxylic acids is 1. The summed E-state index contributed by atoms with van der Waals surface area (Å²) in [5.74, 6) is -0.281.